The maximum Gasteiger partial charge on any atom is 0.399 e. The van der Waals surface area contributed by atoms with Gasteiger partial charge in [0.15, 0.2) is 0 Å². The molecule has 0 radical (unpaired) electrons. The summed E-state index contributed by atoms with van der Waals surface area (Å²) in [5.41, 5.74) is 6.76. The van der Waals surface area contributed by atoms with Crippen LogP contribution in [-0.4, -0.2) is 0 Å². The minimum absolute atomic E-state index is 0.354. The largest absolute Gasteiger partial charge is 0.399 e. The van der Waals surface area contributed by atoms with E-state index in [1.54, 1.807) is 18.2 Å². The van der Waals surface area contributed by atoms with E-state index in [2.05, 4.69) is 9.46 Å². The van der Waals surface area contributed by atoms with Gasteiger partial charge in [0.05, 0.1) is 6.16 Å². The molecule has 1 aromatic carbocycles. The summed E-state index contributed by atoms with van der Waals surface area (Å²) in [7, 11) is -4.32. The average Bonchev–Trinajstić information content (AvgIpc) is 2.31. The Morgan fingerprint density at radius 1 is 1.38 bits per heavy atom. The molecule has 0 atom stereocenters. The Kier molecular flexibility index (Phi) is 5.26. The smallest absolute Gasteiger partial charge is 0.326 e. The van der Waals surface area contributed by atoms with Crippen LogP contribution in [0.15, 0.2) is 18.2 Å². The van der Waals surface area contributed by atoms with Crippen LogP contribution in [0.5, 0.6) is 0 Å². The van der Waals surface area contributed by atoms with Crippen LogP contribution in [0.3, 0.4) is 0 Å². The lowest BCUT2D eigenvalue weighted by molar-refractivity contribution is -0.0881. The van der Waals surface area contributed by atoms with E-state index >= 15 is 0 Å². The van der Waals surface area contributed by atoms with Crippen molar-refractivity contribution in [2.45, 2.75) is 12.7 Å². The zero-order chi connectivity index (χ0) is 12.2. The molecule has 8 heteroatoms. The molecule has 0 bridgehead atoms. The second kappa shape index (κ2) is 6.02. The number of halogens is 3. The molecule has 0 aromatic heterocycles. The predicted molar refractivity (Wildman–Crippen MR) is 62.7 cm³/mol. The van der Waals surface area contributed by atoms with Crippen LogP contribution in [-0.2, 0) is 26.7 Å². The van der Waals surface area contributed by atoms with Gasteiger partial charge in [0, 0.05) is 10.1 Å². The van der Waals surface area contributed by atoms with Crippen molar-refractivity contribution in [1.82, 2.24) is 0 Å². The van der Waals surface area contributed by atoms with Crippen LogP contribution < -0.4 is 5.73 Å². The van der Waals surface area contributed by atoms with Crippen LogP contribution in [0.25, 0.3) is 0 Å². The maximum atomic E-state index is 11.9. The molecule has 0 aliphatic carbocycles. The second-order valence-corrected chi connectivity index (χ2v) is 6.01. The number of hydrogen-bond donors (Lipinski definition) is 1. The molecule has 0 saturated heterocycles. The molecule has 1 rings (SSSR count). The Balaban J connectivity index is 2.94. The molecule has 0 fully saturated rings. The molecule has 2 N–H and O–H groups in total. The first-order valence-corrected chi connectivity index (χ1v) is 7.02. The highest BCUT2D eigenvalue weighted by Crippen LogP contribution is 2.52. The van der Waals surface area contributed by atoms with Gasteiger partial charge in [0.1, 0.15) is 0 Å². The summed E-state index contributed by atoms with van der Waals surface area (Å²) < 4.78 is 41.7. The maximum absolute atomic E-state index is 11.9. The molecule has 0 aliphatic rings. The van der Waals surface area contributed by atoms with Gasteiger partial charge >= 0.3 is 7.60 Å². The summed E-state index contributed by atoms with van der Waals surface area (Å²) >= 11 is 1.95. The van der Waals surface area contributed by atoms with Crippen molar-refractivity contribution in [3.8, 4) is 0 Å². The molecule has 0 saturated carbocycles. The third kappa shape index (κ3) is 3.46. The minimum Gasteiger partial charge on any atom is -0.326 e. The molecule has 0 unspecified atom stereocenters. The van der Waals surface area contributed by atoms with Crippen LogP contribution in [0, 0.1) is 3.57 Å². The number of hydrogen-bond acceptors (Lipinski definition) is 4. The molecule has 0 spiro atoms. The van der Waals surface area contributed by atoms with Gasteiger partial charge in [-0.1, -0.05) is 12.1 Å². The second-order valence-electron chi connectivity index (χ2n) is 3.04. The zero-order valence-corrected chi connectivity index (χ0v) is 11.1. The van der Waals surface area contributed by atoms with Gasteiger partial charge in [0.25, 0.3) is 0 Å². The molecule has 16 heavy (non-hydrogen) atoms. The Hall–Kier alpha value is -0.0800. The number of rotatable bonds is 5. The summed E-state index contributed by atoms with van der Waals surface area (Å²) in [5.74, 6) is 0. The van der Waals surface area contributed by atoms with Crippen molar-refractivity contribution >= 4 is 30.2 Å². The van der Waals surface area contributed by atoms with Crippen LogP contribution >= 0.6 is 30.2 Å². The third-order valence-corrected chi connectivity index (χ3v) is 4.08. The van der Waals surface area contributed by atoms with E-state index in [0.717, 1.165) is 5.56 Å². The lowest BCUT2D eigenvalue weighted by Crippen LogP contribution is -1.99. The first-order chi connectivity index (χ1) is 7.54. The fraction of sp³-hybridized carbons (Fsp3) is 0.250. The molecule has 90 valence electrons. The van der Waals surface area contributed by atoms with E-state index in [-0.39, 0.29) is 0 Å². The SMILES string of the molecule is NCc1ccc(CP(=O)(OF)OF)c(I)c1. The topological polar surface area (TPSA) is 61.6 Å². The first kappa shape index (κ1) is 14.0. The molecular weight excluding hydrogens is 354 g/mol. The highest BCUT2D eigenvalue weighted by Gasteiger charge is 2.28. The Bertz CT molecular complexity index is 410. The van der Waals surface area contributed by atoms with Gasteiger partial charge in [-0.05, 0) is 48.8 Å². The summed E-state index contributed by atoms with van der Waals surface area (Å²) in [5, 5.41) is 0. The van der Waals surface area contributed by atoms with E-state index < -0.39 is 13.8 Å². The Morgan fingerprint density at radius 2 is 2.00 bits per heavy atom. The van der Waals surface area contributed by atoms with Gasteiger partial charge in [-0.3, -0.25) is 4.57 Å². The molecule has 1 aromatic rings. The monoisotopic (exact) mass is 363 g/mol. The van der Waals surface area contributed by atoms with Crippen molar-refractivity contribution in [2.75, 3.05) is 0 Å². The van der Waals surface area contributed by atoms with Crippen LogP contribution in [0.4, 0.5) is 9.05 Å². The highest BCUT2D eigenvalue weighted by molar-refractivity contribution is 14.1. The summed E-state index contributed by atoms with van der Waals surface area (Å²) in [6.07, 6.45) is -0.469. The van der Waals surface area contributed by atoms with E-state index in [9.17, 15) is 13.6 Å². The fourth-order valence-electron chi connectivity index (χ4n) is 1.11. The van der Waals surface area contributed by atoms with Crippen molar-refractivity contribution in [3.63, 3.8) is 0 Å². The van der Waals surface area contributed by atoms with E-state index in [1.807, 2.05) is 22.6 Å². The molecule has 0 aliphatic heterocycles. The van der Waals surface area contributed by atoms with Crippen molar-refractivity contribution in [1.29, 1.82) is 0 Å². The van der Waals surface area contributed by atoms with E-state index in [1.165, 1.54) is 0 Å². The highest BCUT2D eigenvalue weighted by atomic mass is 127. The summed E-state index contributed by atoms with van der Waals surface area (Å²) in [6.45, 7) is 0.354. The Labute approximate surface area is 105 Å². The average molecular weight is 363 g/mol. The predicted octanol–water partition coefficient (Wildman–Crippen LogP) is 3.25. The van der Waals surface area contributed by atoms with E-state index in [0.29, 0.717) is 15.7 Å². The lowest BCUT2D eigenvalue weighted by atomic mass is 10.1. The zero-order valence-electron chi connectivity index (χ0n) is 8.03. The van der Waals surface area contributed by atoms with Gasteiger partial charge in [-0.25, -0.2) is 0 Å². The standard InChI is InChI=1S/C8H9F2INO3P/c9-14-16(13,15-10)5-7-2-1-6(4-12)3-8(7)11/h1-3H,4-5,12H2. The number of benzene rings is 1. The first-order valence-electron chi connectivity index (χ1n) is 4.21. The fourth-order valence-corrected chi connectivity index (χ4v) is 3.00. The van der Waals surface area contributed by atoms with Gasteiger partial charge in [0.2, 0.25) is 0 Å². The van der Waals surface area contributed by atoms with E-state index in [4.69, 9.17) is 5.73 Å². The normalized spacial score (nSPS) is 11.8. The van der Waals surface area contributed by atoms with Crippen LogP contribution in [0.1, 0.15) is 11.1 Å². The van der Waals surface area contributed by atoms with Gasteiger partial charge in [-0.2, -0.15) is 0 Å². The van der Waals surface area contributed by atoms with Gasteiger partial charge in [-0.15, -0.1) is 9.46 Å². The third-order valence-electron chi connectivity index (χ3n) is 1.93. The summed E-state index contributed by atoms with van der Waals surface area (Å²) in [6, 6.07) is 4.99. The Morgan fingerprint density at radius 3 is 2.44 bits per heavy atom. The molecule has 0 heterocycles. The van der Waals surface area contributed by atoms with Crippen molar-refractivity contribution in [3.05, 3.63) is 32.9 Å². The van der Waals surface area contributed by atoms with Crippen molar-refractivity contribution in [2.24, 2.45) is 5.73 Å². The van der Waals surface area contributed by atoms with Crippen molar-refractivity contribution < 1.29 is 23.1 Å². The summed E-state index contributed by atoms with van der Waals surface area (Å²) in [4.78, 5) is 0. The van der Waals surface area contributed by atoms with Crippen LogP contribution in [0.2, 0.25) is 0 Å². The number of nitrogens with two attached hydrogens (primary N) is 1. The lowest BCUT2D eigenvalue weighted by Gasteiger charge is -2.09. The molecular formula is C8H9F2INO3P. The quantitative estimate of drug-likeness (QED) is 0.645. The van der Waals surface area contributed by atoms with Gasteiger partial charge < -0.3 is 5.73 Å². The molecule has 4 nitrogen and oxygen atoms in total. The molecule has 0 amide bonds. The minimum atomic E-state index is -4.32.